The van der Waals surface area contributed by atoms with Crippen molar-refractivity contribution in [2.24, 2.45) is 5.92 Å². The number of hydrogen-bond donors (Lipinski definition) is 1. The highest BCUT2D eigenvalue weighted by atomic mass is 16.7. The maximum Gasteiger partial charge on any atom is 0.159 e. The van der Waals surface area contributed by atoms with Gasteiger partial charge in [-0.1, -0.05) is 20.8 Å². The Morgan fingerprint density at radius 2 is 2.29 bits per heavy atom. The van der Waals surface area contributed by atoms with E-state index in [1.54, 1.807) is 0 Å². The fraction of sp³-hybridized carbons (Fsp3) is 0.769. The van der Waals surface area contributed by atoms with Crippen LogP contribution in [0.2, 0.25) is 0 Å². The van der Waals surface area contributed by atoms with Gasteiger partial charge in [-0.3, -0.25) is 5.10 Å². The molecular formula is C13H22N2O2. The minimum Gasteiger partial charge on any atom is -0.352 e. The van der Waals surface area contributed by atoms with Crippen molar-refractivity contribution in [3.05, 3.63) is 17.5 Å². The molecule has 1 aliphatic rings. The second-order valence-electron chi connectivity index (χ2n) is 4.96. The van der Waals surface area contributed by atoms with Crippen LogP contribution in [0.4, 0.5) is 0 Å². The number of rotatable bonds is 3. The number of aromatic amines is 1. The molecule has 1 fully saturated rings. The van der Waals surface area contributed by atoms with Gasteiger partial charge in [0.15, 0.2) is 6.29 Å². The summed E-state index contributed by atoms with van der Waals surface area (Å²) >= 11 is 0. The molecule has 2 atom stereocenters. The fourth-order valence-corrected chi connectivity index (χ4v) is 2.26. The average molecular weight is 238 g/mol. The molecule has 0 saturated carbocycles. The zero-order chi connectivity index (χ0) is 12.3. The minimum absolute atomic E-state index is 0.0584. The van der Waals surface area contributed by atoms with Gasteiger partial charge in [0.05, 0.1) is 19.4 Å². The van der Waals surface area contributed by atoms with Crippen LogP contribution in [0.5, 0.6) is 0 Å². The lowest BCUT2D eigenvalue weighted by Crippen LogP contribution is -2.22. The van der Waals surface area contributed by atoms with Crippen LogP contribution in [0.25, 0.3) is 0 Å². The Bertz CT molecular complexity index is 349. The normalized spacial score (nSPS) is 26.1. The molecule has 1 N–H and O–H groups in total. The van der Waals surface area contributed by atoms with E-state index in [-0.39, 0.29) is 6.29 Å². The number of nitrogens with one attached hydrogen (secondary N) is 1. The minimum atomic E-state index is -0.0584. The zero-order valence-electron chi connectivity index (χ0n) is 10.9. The maximum atomic E-state index is 5.84. The zero-order valence-corrected chi connectivity index (χ0v) is 10.9. The van der Waals surface area contributed by atoms with Gasteiger partial charge in [0.1, 0.15) is 0 Å². The van der Waals surface area contributed by atoms with E-state index in [9.17, 15) is 0 Å². The number of hydrogen-bond acceptors (Lipinski definition) is 3. The van der Waals surface area contributed by atoms with Gasteiger partial charge in [0.25, 0.3) is 0 Å². The second-order valence-corrected chi connectivity index (χ2v) is 4.96. The first-order chi connectivity index (χ1) is 8.22. The smallest absolute Gasteiger partial charge is 0.159 e. The molecule has 0 spiro atoms. The third kappa shape index (κ3) is 2.87. The Morgan fingerprint density at radius 1 is 1.47 bits per heavy atom. The monoisotopic (exact) mass is 238 g/mol. The quantitative estimate of drug-likeness (QED) is 0.880. The molecule has 1 aliphatic heterocycles. The predicted octanol–water partition coefficient (Wildman–Crippen LogP) is 2.47. The van der Waals surface area contributed by atoms with Gasteiger partial charge in [-0.15, -0.1) is 0 Å². The van der Waals surface area contributed by atoms with E-state index in [2.05, 4.69) is 31.0 Å². The van der Waals surface area contributed by atoms with E-state index >= 15 is 0 Å². The molecule has 4 heteroatoms. The van der Waals surface area contributed by atoms with Crippen molar-refractivity contribution in [2.45, 2.75) is 45.8 Å². The lowest BCUT2D eigenvalue weighted by molar-refractivity contribution is -0.151. The first-order valence-corrected chi connectivity index (χ1v) is 6.47. The van der Waals surface area contributed by atoms with Crippen LogP contribution >= 0.6 is 0 Å². The molecule has 0 bridgehead atoms. The largest absolute Gasteiger partial charge is 0.352 e. The molecule has 2 rings (SSSR count). The van der Waals surface area contributed by atoms with Crippen molar-refractivity contribution in [1.29, 1.82) is 0 Å². The molecule has 17 heavy (non-hydrogen) atoms. The summed E-state index contributed by atoms with van der Waals surface area (Å²) in [4.78, 5) is 0. The van der Waals surface area contributed by atoms with Gasteiger partial charge in [0, 0.05) is 17.5 Å². The average Bonchev–Trinajstić information content (AvgIpc) is 2.65. The molecule has 4 nitrogen and oxygen atoms in total. The van der Waals surface area contributed by atoms with Crippen molar-refractivity contribution in [1.82, 2.24) is 10.2 Å². The van der Waals surface area contributed by atoms with Gasteiger partial charge < -0.3 is 9.47 Å². The van der Waals surface area contributed by atoms with Crippen LogP contribution in [0.15, 0.2) is 6.20 Å². The van der Waals surface area contributed by atoms with Crippen LogP contribution in [0, 0.1) is 5.92 Å². The highest BCUT2D eigenvalue weighted by molar-refractivity contribution is 5.21. The Morgan fingerprint density at radius 3 is 3.00 bits per heavy atom. The molecule has 1 aromatic rings. The molecule has 0 radical (unpaired) electrons. The summed E-state index contributed by atoms with van der Waals surface area (Å²) in [6.45, 7) is 7.89. The van der Waals surface area contributed by atoms with Crippen LogP contribution in [0.3, 0.4) is 0 Å². The summed E-state index contributed by atoms with van der Waals surface area (Å²) in [6, 6.07) is 0. The molecule has 0 amide bonds. The summed E-state index contributed by atoms with van der Waals surface area (Å²) in [6.07, 6.45) is 3.87. The van der Waals surface area contributed by atoms with Crippen molar-refractivity contribution >= 4 is 0 Å². The highest BCUT2D eigenvalue weighted by Gasteiger charge is 2.24. The first-order valence-electron chi connectivity index (χ1n) is 6.47. The summed E-state index contributed by atoms with van der Waals surface area (Å²) in [5.74, 6) is 0.816. The first kappa shape index (κ1) is 12.6. The molecular weight excluding hydrogens is 216 g/mol. The van der Waals surface area contributed by atoms with Crippen LogP contribution in [-0.2, 0) is 15.9 Å². The maximum absolute atomic E-state index is 5.84. The Labute approximate surface area is 103 Å². The van der Waals surface area contributed by atoms with Crippen molar-refractivity contribution < 1.29 is 9.47 Å². The van der Waals surface area contributed by atoms with Crippen LogP contribution < -0.4 is 0 Å². The molecule has 0 aromatic carbocycles. The third-order valence-corrected chi connectivity index (χ3v) is 3.30. The third-order valence-electron chi connectivity index (χ3n) is 3.30. The van der Waals surface area contributed by atoms with Crippen molar-refractivity contribution in [3.8, 4) is 0 Å². The summed E-state index contributed by atoms with van der Waals surface area (Å²) < 4.78 is 11.5. The summed E-state index contributed by atoms with van der Waals surface area (Å²) in [5, 5.41) is 7.19. The van der Waals surface area contributed by atoms with Gasteiger partial charge in [0.2, 0.25) is 0 Å². The number of H-pyrrole nitrogens is 1. The lowest BCUT2D eigenvalue weighted by Gasteiger charge is -2.19. The lowest BCUT2D eigenvalue weighted by atomic mass is 9.97. The van der Waals surface area contributed by atoms with E-state index in [1.807, 2.05) is 6.20 Å². The molecule has 1 aromatic heterocycles. The Hall–Kier alpha value is -0.870. The van der Waals surface area contributed by atoms with Gasteiger partial charge in [-0.2, -0.15) is 5.10 Å². The standard InChI is InChI=1S/C13H22N2O2/c1-4-12-11(7-14-15-12)10-5-6-16-13(9(2)3)17-8-10/h7,9-10,13H,4-6,8H2,1-3H3,(H,14,15). The number of aromatic nitrogens is 2. The summed E-state index contributed by atoms with van der Waals surface area (Å²) in [7, 11) is 0. The van der Waals surface area contributed by atoms with Crippen molar-refractivity contribution in [3.63, 3.8) is 0 Å². The molecule has 1 saturated heterocycles. The molecule has 96 valence electrons. The fourth-order valence-electron chi connectivity index (χ4n) is 2.26. The topological polar surface area (TPSA) is 47.1 Å². The number of nitrogens with zero attached hydrogens (tertiary/aromatic N) is 1. The number of aryl methyl sites for hydroxylation is 1. The van der Waals surface area contributed by atoms with E-state index in [4.69, 9.17) is 9.47 Å². The van der Waals surface area contributed by atoms with Gasteiger partial charge in [-0.05, 0) is 18.4 Å². The van der Waals surface area contributed by atoms with E-state index in [0.29, 0.717) is 11.8 Å². The SMILES string of the molecule is CCc1[nH]ncc1C1CCOC(C(C)C)OC1. The predicted molar refractivity (Wildman–Crippen MR) is 65.9 cm³/mol. The Balaban J connectivity index is 2.04. The van der Waals surface area contributed by atoms with Gasteiger partial charge >= 0.3 is 0 Å². The molecule has 2 unspecified atom stereocenters. The van der Waals surface area contributed by atoms with E-state index < -0.39 is 0 Å². The highest BCUT2D eigenvalue weighted by Crippen LogP contribution is 2.27. The molecule has 0 aliphatic carbocycles. The second kappa shape index (κ2) is 5.65. The Kier molecular flexibility index (Phi) is 4.18. The van der Waals surface area contributed by atoms with Crippen LogP contribution in [0.1, 0.15) is 44.4 Å². The van der Waals surface area contributed by atoms with E-state index in [0.717, 1.165) is 26.1 Å². The van der Waals surface area contributed by atoms with Crippen molar-refractivity contribution in [2.75, 3.05) is 13.2 Å². The molecule has 2 heterocycles. The number of ether oxygens (including phenoxy) is 2. The van der Waals surface area contributed by atoms with E-state index in [1.165, 1.54) is 11.3 Å². The summed E-state index contributed by atoms with van der Waals surface area (Å²) in [5.41, 5.74) is 2.52. The van der Waals surface area contributed by atoms with Crippen LogP contribution in [-0.4, -0.2) is 29.7 Å². The van der Waals surface area contributed by atoms with Gasteiger partial charge in [-0.25, -0.2) is 0 Å².